The van der Waals surface area contributed by atoms with Crippen LogP contribution in [0.1, 0.15) is 26.7 Å². The summed E-state index contributed by atoms with van der Waals surface area (Å²) in [6.45, 7) is 5.83. The molecule has 106 valence electrons. The summed E-state index contributed by atoms with van der Waals surface area (Å²) in [6, 6.07) is 0. The van der Waals surface area contributed by atoms with Crippen LogP contribution in [0.4, 0.5) is 4.79 Å². The zero-order valence-corrected chi connectivity index (χ0v) is 11.6. The smallest absolute Gasteiger partial charge is 0.421 e. The van der Waals surface area contributed by atoms with Gasteiger partial charge in [-0.05, 0) is 38.3 Å². The molecule has 1 saturated heterocycles. The van der Waals surface area contributed by atoms with Gasteiger partial charge in [0.05, 0.1) is 6.61 Å². The molecule has 18 heavy (non-hydrogen) atoms. The summed E-state index contributed by atoms with van der Waals surface area (Å²) in [5.74, 6) is 0. The summed E-state index contributed by atoms with van der Waals surface area (Å²) in [5.41, 5.74) is -0.0747. The Labute approximate surface area is 108 Å². The lowest BCUT2D eigenvalue weighted by molar-refractivity contribution is 0.158. The van der Waals surface area contributed by atoms with Crippen molar-refractivity contribution in [1.82, 2.24) is 14.8 Å². The number of piperidine rings is 1. The van der Waals surface area contributed by atoms with Crippen LogP contribution >= 0.6 is 0 Å². The summed E-state index contributed by atoms with van der Waals surface area (Å²) >= 11 is 0. The van der Waals surface area contributed by atoms with Gasteiger partial charge >= 0.3 is 16.3 Å². The molecule has 8 heteroatoms. The highest BCUT2D eigenvalue weighted by molar-refractivity contribution is 7.88. The average molecular weight is 279 g/mol. The van der Waals surface area contributed by atoms with E-state index in [0.29, 0.717) is 6.54 Å². The van der Waals surface area contributed by atoms with Gasteiger partial charge in [0.15, 0.2) is 0 Å². The minimum absolute atomic E-state index is 0.0747. The number of ether oxygens (including phenoxy) is 1. The van der Waals surface area contributed by atoms with E-state index in [0.717, 1.165) is 25.9 Å². The molecule has 0 aliphatic carbocycles. The number of hydrogen-bond acceptors (Lipinski definition) is 5. The molecule has 0 spiro atoms. The molecular formula is C10H21N3O4S. The van der Waals surface area contributed by atoms with Crippen molar-refractivity contribution in [2.75, 3.05) is 26.2 Å². The first kappa shape index (κ1) is 15.2. The average Bonchev–Trinajstić information content (AvgIpc) is 2.27. The van der Waals surface area contributed by atoms with Gasteiger partial charge in [-0.15, -0.1) is 0 Å². The van der Waals surface area contributed by atoms with Gasteiger partial charge in [0.2, 0.25) is 0 Å². The van der Waals surface area contributed by atoms with Crippen LogP contribution in [0, 0.1) is 5.41 Å². The second kappa shape index (κ2) is 6.35. The molecule has 0 bridgehead atoms. The normalized spacial score (nSPS) is 19.2. The number of carbonyl (C=O) groups is 1. The zero-order valence-electron chi connectivity index (χ0n) is 10.8. The number of rotatable bonds is 5. The maximum Gasteiger partial charge on any atom is 0.421 e. The third kappa shape index (κ3) is 5.19. The first-order valence-corrected chi connectivity index (χ1v) is 7.50. The molecule has 7 nitrogen and oxygen atoms in total. The molecule has 0 atom stereocenters. The molecule has 0 radical (unpaired) electrons. The van der Waals surface area contributed by atoms with Crippen molar-refractivity contribution in [2.45, 2.75) is 26.7 Å². The van der Waals surface area contributed by atoms with Crippen LogP contribution < -0.4 is 14.8 Å². The van der Waals surface area contributed by atoms with Gasteiger partial charge in [0.25, 0.3) is 0 Å². The van der Waals surface area contributed by atoms with Gasteiger partial charge in [-0.25, -0.2) is 9.52 Å². The Hall–Kier alpha value is -0.860. The molecule has 0 saturated carbocycles. The number of nitrogens with one attached hydrogen (secondary N) is 3. The standard InChI is InChI=1S/C10H21N3O4S/c1-3-17-9(14)13-18(15,16)12-8-10(2)4-6-11-7-5-10/h11-12H,3-8H2,1-2H3,(H,13,14). The van der Waals surface area contributed by atoms with E-state index in [1.54, 1.807) is 11.6 Å². The maximum atomic E-state index is 11.6. The summed E-state index contributed by atoms with van der Waals surface area (Å²) < 4.78 is 31.8. The number of carbonyl (C=O) groups excluding carboxylic acids is 1. The van der Waals surface area contributed by atoms with E-state index in [4.69, 9.17) is 0 Å². The molecule has 0 aromatic rings. The van der Waals surface area contributed by atoms with Crippen LogP contribution in [0.25, 0.3) is 0 Å². The van der Waals surface area contributed by atoms with E-state index in [9.17, 15) is 13.2 Å². The Kier molecular flexibility index (Phi) is 5.36. The Bertz CT molecular complexity index is 377. The highest BCUT2D eigenvalue weighted by Crippen LogP contribution is 2.26. The van der Waals surface area contributed by atoms with Gasteiger partial charge in [-0.1, -0.05) is 6.92 Å². The molecular weight excluding hydrogens is 258 g/mol. The number of amides is 1. The SMILES string of the molecule is CCOC(=O)NS(=O)(=O)NCC1(C)CCNCC1. The maximum absolute atomic E-state index is 11.6. The van der Waals surface area contributed by atoms with Gasteiger partial charge in [-0.2, -0.15) is 13.1 Å². The van der Waals surface area contributed by atoms with Crippen molar-refractivity contribution in [3.8, 4) is 0 Å². The van der Waals surface area contributed by atoms with Crippen molar-refractivity contribution < 1.29 is 17.9 Å². The minimum atomic E-state index is -3.84. The third-order valence-electron chi connectivity index (χ3n) is 2.99. The Balaban J connectivity index is 2.43. The second-order valence-electron chi connectivity index (χ2n) is 4.71. The summed E-state index contributed by atoms with van der Waals surface area (Å²) in [4.78, 5) is 11.0. The van der Waals surface area contributed by atoms with Crippen LogP contribution in [0.15, 0.2) is 0 Å². The number of hydrogen-bond donors (Lipinski definition) is 3. The van der Waals surface area contributed by atoms with Crippen LogP contribution in [-0.2, 0) is 14.9 Å². The first-order chi connectivity index (χ1) is 8.37. The van der Waals surface area contributed by atoms with Crippen LogP contribution in [0.2, 0.25) is 0 Å². The van der Waals surface area contributed by atoms with Gasteiger partial charge in [0, 0.05) is 6.54 Å². The lowest BCUT2D eigenvalue weighted by Crippen LogP contribution is -2.47. The molecule has 0 aromatic heterocycles. The highest BCUT2D eigenvalue weighted by atomic mass is 32.2. The van der Waals surface area contributed by atoms with Crippen LogP contribution in [0.3, 0.4) is 0 Å². The molecule has 1 heterocycles. The van der Waals surface area contributed by atoms with E-state index in [1.165, 1.54) is 0 Å². The van der Waals surface area contributed by atoms with Gasteiger partial charge < -0.3 is 10.1 Å². The molecule has 1 aliphatic heterocycles. The molecule has 1 rings (SSSR count). The van der Waals surface area contributed by atoms with Crippen molar-refractivity contribution in [3.05, 3.63) is 0 Å². The molecule has 1 fully saturated rings. The molecule has 0 aromatic carbocycles. The fourth-order valence-electron chi connectivity index (χ4n) is 1.78. The van der Waals surface area contributed by atoms with E-state index < -0.39 is 16.3 Å². The monoisotopic (exact) mass is 279 g/mol. The molecule has 1 aliphatic rings. The van der Waals surface area contributed by atoms with Crippen molar-refractivity contribution >= 4 is 16.3 Å². The summed E-state index contributed by atoms with van der Waals surface area (Å²) in [7, 11) is -3.84. The van der Waals surface area contributed by atoms with E-state index in [-0.39, 0.29) is 12.0 Å². The quantitative estimate of drug-likeness (QED) is 0.656. The van der Waals surface area contributed by atoms with Crippen molar-refractivity contribution in [2.24, 2.45) is 5.41 Å². The van der Waals surface area contributed by atoms with E-state index >= 15 is 0 Å². The predicted octanol–water partition coefficient (Wildman–Crippen LogP) is -0.0434. The third-order valence-corrected chi connectivity index (χ3v) is 3.95. The van der Waals surface area contributed by atoms with E-state index in [1.807, 2.05) is 6.92 Å². The Morgan fingerprint density at radius 1 is 1.39 bits per heavy atom. The summed E-state index contributed by atoms with van der Waals surface area (Å²) in [6.07, 6.45) is 0.838. The summed E-state index contributed by atoms with van der Waals surface area (Å²) in [5, 5.41) is 3.22. The Morgan fingerprint density at radius 3 is 2.56 bits per heavy atom. The van der Waals surface area contributed by atoms with Gasteiger partial charge in [0.1, 0.15) is 0 Å². The fraction of sp³-hybridized carbons (Fsp3) is 0.900. The second-order valence-corrected chi connectivity index (χ2v) is 6.21. The van der Waals surface area contributed by atoms with Gasteiger partial charge in [-0.3, -0.25) is 0 Å². The fourth-order valence-corrected chi connectivity index (χ4v) is 2.67. The largest absolute Gasteiger partial charge is 0.449 e. The van der Waals surface area contributed by atoms with Crippen LogP contribution in [-0.4, -0.2) is 40.8 Å². The zero-order chi connectivity index (χ0) is 13.6. The molecule has 1 amide bonds. The molecule has 3 N–H and O–H groups in total. The van der Waals surface area contributed by atoms with Crippen molar-refractivity contribution in [3.63, 3.8) is 0 Å². The van der Waals surface area contributed by atoms with Crippen LogP contribution in [0.5, 0.6) is 0 Å². The first-order valence-electron chi connectivity index (χ1n) is 6.02. The lowest BCUT2D eigenvalue weighted by Gasteiger charge is -2.33. The Morgan fingerprint density at radius 2 is 2.00 bits per heavy atom. The van der Waals surface area contributed by atoms with Crippen molar-refractivity contribution in [1.29, 1.82) is 0 Å². The molecule has 0 unspecified atom stereocenters. The van der Waals surface area contributed by atoms with E-state index in [2.05, 4.69) is 14.8 Å². The topological polar surface area (TPSA) is 96.5 Å². The predicted molar refractivity (Wildman–Crippen MR) is 67.3 cm³/mol. The highest BCUT2D eigenvalue weighted by Gasteiger charge is 2.28. The lowest BCUT2D eigenvalue weighted by atomic mass is 9.81. The minimum Gasteiger partial charge on any atom is -0.449 e.